The maximum absolute atomic E-state index is 5.39. The third-order valence-corrected chi connectivity index (χ3v) is 3.80. The number of ether oxygens (including phenoxy) is 1. The lowest BCUT2D eigenvalue weighted by Gasteiger charge is -2.20. The van der Waals surface area contributed by atoms with Gasteiger partial charge in [0.25, 0.3) is 0 Å². The van der Waals surface area contributed by atoms with Crippen molar-refractivity contribution in [3.05, 3.63) is 0 Å². The fraction of sp³-hybridized carbons (Fsp3) is 1.00. The molecule has 1 heterocycles. The normalized spacial score (nSPS) is 16.8. The van der Waals surface area contributed by atoms with Crippen molar-refractivity contribution in [2.45, 2.75) is 26.9 Å². The van der Waals surface area contributed by atoms with E-state index < -0.39 is 8.56 Å². The van der Waals surface area contributed by atoms with Crippen LogP contribution in [0, 0.1) is 0 Å². The van der Waals surface area contributed by atoms with Gasteiger partial charge in [-0.2, -0.15) is 0 Å². The molecule has 1 aliphatic rings. The first-order chi connectivity index (χ1) is 7.12. The molecule has 0 aromatic rings. The predicted molar refractivity (Wildman–Crippen MR) is 64.4 cm³/mol. The maximum atomic E-state index is 5.39. The van der Waals surface area contributed by atoms with E-state index in [1.54, 1.807) is 0 Å². The molecule has 0 atom stereocenters. The van der Waals surface area contributed by atoms with Gasteiger partial charge in [-0.05, 0) is 26.9 Å². The summed E-state index contributed by atoms with van der Waals surface area (Å²) in [5.41, 5.74) is 0. The van der Waals surface area contributed by atoms with E-state index in [1.165, 1.54) is 0 Å². The molecular weight excluding hydrogens is 210 g/mol. The van der Waals surface area contributed by atoms with E-state index in [2.05, 4.69) is 18.4 Å². The fourth-order valence-electron chi connectivity index (χ4n) is 1.25. The smallest absolute Gasteiger partial charge is 0.331 e. The van der Waals surface area contributed by atoms with Gasteiger partial charge >= 0.3 is 8.56 Å². The van der Waals surface area contributed by atoms with Crippen LogP contribution in [0.15, 0.2) is 0 Å². The highest BCUT2D eigenvalue weighted by Gasteiger charge is 2.22. The van der Waals surface area contributed by atoms with Gasteiger partial charge < -0.3 is 18.9 Å². The number of hydrogen-bond acceptors (Lipinski definition) is 4. The first kappa shape index (κ1) is 15.1. The van der Waals surface area contributed by atoms with E-state index in [-0.39, 0.29) is 0 Å². The number of rotatable bonds is 4. The van der Waals surface area contributed by atoms with Gasteiger partial charge in [-0.1, -0.05) is 0 Å². The SMILES string of the molecule is C1COCCN1.CCO[Si](C)(C)OCC. The van der Waals surface area contributed by atoms with E-state index in [4.69, 9.17) is 13.6 Å². The Balaban J connectivity index is 0.000000280. The summed E-state index contributed by atoms with van der Waals surface area (Å²) in [5, 5.41) is 3.16. The topological polar surface area (TPSA) is 39.7 Å². The van der Waals surface area contributed by atoms with E-state index in [0.717, 1.165) is 39.5 Å². The average molecular weight is 235 g/mol. The summed E-state index contributed by atoms with van der Waals surface area (Å²) >= 11 is 0. The van der Waals surface area contributed by atoms with Gasteiger partial charge in [0.15, 0.2) is 0 Å². The molecule has 1 rings (SSSR count). The molecule has 0 saturated carbocycles. The first-order valence-electron chi connectivity index (χ1n) is 5.68. The molecule has 1 fully saturated rings. The van der Waals surface area contributed by atoms with Crippen molar-refractivity contribution in [3.63, 3.8) is 0 Å². The summed E-state index contributed by atoms with van der Waals surface area (Å²) < 4.78 is 15.8. The Morgan fingerprint density at radius 3 is 1.73 bits per heavy atom. The Hall–Kier alpha value is 0.0569. The van der Waals surface area contributed by atoms with Crippen LogP contribution in [0.3, 0.4) is 0 Å². The molecule has 1 aliphatic heterocycles. The standard InChI is InChI=1S/C6H16O2Si.C4H9NO/c1-5-7-9(3,4)8-6-2;1-3-6-4-2-5-1/h5-6H2,1-4H3;5H,1-4H2. The minimum Gasteiger partial charge on any atom is -0.395 e. The van der Waals surface area contributed by atoms with Gasteiger partial charge in [-0.25, -0.2) is 0 Å². The van der Waals surface area contributed by atoms with Crippen LogP contribution in [0.4, 0.5) is 0 Å². The predicted octanol–water partition coefficient (Wildman–Crippen LogP) is 1.37. The molecule has 92 valence electrons. The molecule has 1 saturated heterocycles. The molecule has 0 spiro atoms. The van der Waals surface area contributed by atoms with Gasteiger partial charge in [0, 0.05) is 26.3 Å². The van der Waals surface area contributed by atoms with Gasteiger partial charge in [-0.15, -0.1) is 0 Å². The highest BCUT2D eigenvalue weighted by atomic mass is 28.4. The van der Waals surface area contributed by atoms with Crippen molar-refractivity contribution in [2.24, 2.45) is 0 Å². The van der Waals surface area contributed by atoms with Crippen molar-refractivity contribution in [1.29, 1.82) is 0 Å². The molecule has 5 heteroatoms. The van der Waals surface area contributed by atoms with E-state index in [0.29, 0.717) is 0 Å². The van der Waals surface area contributed by atoms with Crippen LogP contribution in [0.2, 0.25) is 13.1 Å². The summed E-state index contributed by atoms with van der Waals surface area (Å²) in [6.45, 7) is 13.5. The van der Waals surface area contributed by atoms with Crippen molar-refractivity contribution >= 4 is 8.56 Å². The minimum atomic E-state index is -1.70. The second kappa shape index (κ2) is 9.29. The molecular formula is C10H25NO3Si. The molecule has 4 nitrogen and oxygen atoms in total. The molecule has 0 aliphatic carbocycles. The van der Waals surface area contributed by atoms with Crippen LogP contribution in [-0.4, -0.2) is 48.1 Å². The third kappa shape index (κ3) is 10.3. The van der Waals surface area contributed by atoms with Crippen molar-refractivity contribution in [1.82, 2.24) is 5.32 Å². The first-order valence-corrected chi connectivity index (χ1v) is 8.50. The largest absolute Gasteiger partial charge is 0.395 e. The molecule has 0 amide bonds. The molecule has 0 unspecified atom stereocenters. The van der Waals surface area contributed by atoms with Crippen LogP contribution < -0.4 is 5.32 Å². The number of nitrogens with one attached hydrogen (secondary N) is 1. The summed E-state index contributed by atoms with van der Waals surface area (Å²) in [6, 6.07) is 0. The van der Waals surface area contributed by atoms with Gasteiger partial charge in [0.1, 0.15) is 0 Å². The van der Waals surface area contributed by atoms with E-state index in [9.17, 15) is 0 Å². The van der Waals surface area contributed by atoms with Crippen LogP contribution >= 0.6 is 0 Å². The van der Waals surface area contributed by atoms with Gasteiger partial charge in [-0.3, -0.25) is 0 Å². The van der Waals surface area contributed by atoms with Crippen LogP contribution in [0.5, 0.6) is 0 Å². The van der Waals surface area contributed by atoms with Crippen LogP contribution in [0.25, 0.3) is 0 Å². The maximum Gasteiger partial charge on any atom is 0.331 e. The Labute approximate surface area is 94.5 Å². The summed E-state index contributed by atoms with van der Waals surface area (Å²) in [7, 11) is -1.70. The van der Waals surface area contributed by atoms with Gasteiger partial charge in [0.2, 0.25) is 0 Å². The molecule has 0 radical (unpaired) electrons. The summed E-state index contributed by atoms with van der Waals surface area (Å²) in [6.07, 6.45) is 0. The highest BCUT2D eigenvalue weighted by molar-refractivity contribution is 6.64. The lowest BCUT2D eigenvalue weighted by Crippen LogP contribution is -2.34. The molecule has 1 N–H and O–H groups in total. The quantitative estimate of drug-likeness (QED) is 0.747. The number of hydrogen-bond donors (Lipinski definition) is 1. The monoisotopic (exact) mass is 235 g/mol. The lowest BCUT2D eigenvalue weighted by atomic mass is 10.5. The Bertz CT molecular complexity index is 121. The average Bonchev–Trinajstić information content (AvgIpc) is 2.21. The summed E-state index contributed by atoms with van der Waals surface area (Å²) in [4.78, 5) is 0. The minimum absolute atomic E-state index is 0.763. The molecule has 0 aromatic carbocycles. The Morgan fingerprint density at radius 2 is 1.53 bits per heavy atom. The molecule has 0 bridgehead atoms. The molecule has 15 heavy (non-hydrogen) atoms. The molecule has 0 aromatic heterocycles. The summed E-state index contributed by atoms with van der Waals surface area (Å²) in [5.74, 6) is 0. The van der Waals surface area contributed by atoms with Crippen molar-refractivity contribution in [2.75, 3.05) is 39.5 Å². The third-order valence-electron chi connectivity index (χ3n) is 1.83. The number of morpholine rings is 1. The zero-order chi connectivity index (χ0) is 11.6. The zero-order valence-corrected chi connectivity index (χ0v) is 11.5. The Kier molecular flexibility index (Phi) is 9.33. The van der Waals surface area contributed by atoms with Gasteiger partial charge in [0.05, 0.1) is 13.2 Å². The lowest BCUT2D eigenvalue weighted by molar-refractivity contribution is 0.109. The van der Waals surface area contributed by atoms with E-state index >= 15 is 0 Å². The van der Waals surface area contributed by atoms with E-state index in [1.807, 2.05) is 13.8 Å². The second-order valence-electron chi connectivity index (χ2n) is 3.63. The van der Waals surface area contributed by atoms with Crippen LogP contribution in [0.1, 0.15) is 13.8 Å². The van der Waals surface area contributed by atoms with Crippen LogP contribution in [-0.2, 0) is 13.6 Å². The van der Waals surface area contributed by atoms with Crippen molar-refractivity contribution < 1.29 is 13.6 Å². The Morgan fingerprint density at radius 1 is 1.07 bits per heavy atom. The van der Waals surface area contributed by atoms with Crippen molar-refractivity contribution in [3.8, 4) is 0 Å². The fourth-order valence-corrected chi connectivity index (χ4v) is 2.73. The zero-order valence-electron chi connectivity index (χ0n) is 10.5. The highest BCUT2D eigenvalue weighted by Crippen LogP contribution is 2.04. The second-order valence-corrected chi connectivity index (χ2v) is 7.01.